The van der Waals surface area contributed by atoms with E-state index in [1.165, 1.54) is 50.0 Å². The number of hydrogen-bond donors (Lipinski definition) is 1. The van der Waals surface area contributed by atoms with Crippen molar-refractivity contribution in [3.8, 4) is 0 Å². The van der Waals surface area contributed by atoms with Crippen LogP contribution in [0.2, 0.25) is 0 Å². The normalized spacial score (nSPS) is 38.5. The third kappa shape index (κ3) is 2.41. The molecule has 0 saturated heterocycles. The van der Waals surface area contributed by atoms with E-state index in [4.69, 9.17) is 0 Å². The highest BCUT2D eigenvalue weighted by atomic mass is 32.1. The van der Waals surface area contributed by atoms with Crippen molar-refractivity contribution in [1.29, 1.82) is 0 Å². The van der Waals surface area contributed by atoms with Crippen molar-refractivity contribution in [2.75, 3.05) is 6.54 Å². The molecule has 0 radical (unpaired) electrons. The van der Waals surface area contributed by atoms with E-state index in [0.717, 1.165) is 35.9 Å². The summed E-state index contributed by atoms with van der Waals surface area (Å²) in [6, 6.07) is 0. The summed E-state index contributed by atoms with van der Waals surface area (Å²) >= 11 is 1.84. The Morgan fingerprint density at radius 2 is 1.65 bits per heavy atom. The maximum Gasteiger partial charge on any atom is 0.131 e. The molecule has 1 aromatic rings. The Bertz CT molecular complexity index is 447. The molecule has 0 amide bonds. The molecule has 110 valence electrons. The van der Waals surface area contributed by atoms with Crippen molar-refractivity contribution in [1.82, 2.24) is 15.5 Å². The molecule has 4 aliphatic rings. The first-order valence-corrected chi connectivity index (χ1v) is 9.08. The molecule has 0 aromatic carbocycles. The van der Waals surface area contributed by atoms with Crippen LogP contribution in [0, 0.1) is 23.2 Å². The fraction of sp³-hybridized carbons (Fsp3) is 0.875. The first-order chi connectivity index (χ1) is 9.75. The van der Waals surface area contributed by atoms with E-state index < -0.39 is 0 Å². The van der Waals surface area contributed by atoms with Crippen molar-refractivity contribution in [3.63, 3.8) is 0 Å². The summed E-state index contributed by atoms with van der Waals surface area (Å²) in [6.45, 7) is 4.02. The smallest absolute Gasteiger partial charge is 0.131 e. The van der Waals surface area contributed by atoms with E-state index in [9.17, 15) is 0 Å². The van der Waals surface area contributed by atoms with Crippen LogP contribution in [0.5, 0.6) is 0 Å². The Balaban J connectivity index is 1.47. The molecule has 0 aliphatic heterocycles. The minimum atomic E-state index is 0.601. The van der Waals surface area contributed by atoms with E-state index in [1.54, 1.807) is 0 Å². The highest BCUT2D eigenvalue weighted by molar-refractivity contribution is 7.11. The second-order valence-corrected chi connectivity index (χ2v) is 8.61. The highest BCUT2D eigenvalue weighted by Crippen LogP contribution is 2.61. The van der Waals surface area contributed by atoms with Gasteiger partial charge in [-0.2, -0.15) is 0 Å². The summed E-state index contributed by atoms with van der Waals surface area (Å²) in [6.07, 6.45) is 10.2. The summed E-state index contributed by atoms with van der Waals surface area (Å²) in [5, 5.41) is 14.6. The van der Waals surface area contributed by atoms with Crippen molar-refractivity contribution >= 4 is 11.3 Å². The number of nitrogens with zero attached hydrogens (tertiary/aromatic N) is 2. The van der Waals surface area contributed by atoms with E-state index >= 15 is 0 Å². The molecule has 5 rings (SSSR count). The predicted molar refractivity (Wildman–Crippen MR) is 81.6 cm³/mol. The Morgan fingerprint density at radius 3 is 2.25 bits per heavy atom. The lowest BCUT2D eigenvalue weighted by Gasteiger charge is -2.56. The number of aromatic nitrogens is 2. The zero-order chi connectivity index (χ0) is 13.6. The summed E-state index contributed by atoms with van der Waals surface area (Å²) < 4.78 is 0. The van der Waals surface area contributed by atoms with Gasteiger partial charge in [-0.3, -0.25) is 0 Å². The Labute approximate surface area is 125 Å². The van der Waals surface area contributed by atoms with Gasteiger partial charge in [-0.25, -0.2) is 0 Å². The van der Waals surface area contributed by atoms with Crippen LogP contribution in [-0.2, 0) is 13.0 Å². The van der Waals surface area contributed by atoms with E-state index in [2.05, 4.69) is 22.4 Å². The Morgan fingerprint density at radius 1 is 1.05 bits per heavy atom. The molecule has 4 aliphatic carbocycles. The van der Waals surface area contributed by atoms with Gasteiger partial charge in [0.2, 0.25) is 0 Å². The van der Waals surface area contributed by atoms with Crippen LogP contribution in [0.1, 0.15) is 55.5 Å². The molecule has 1 heterocycles. The summed E-state index contributed by atoms with van der Waals surface area (Å²) in [5.41, 5.74) is 0.601. The summed E-state index contributed by atoms with van der Waals surface area (Å²) in [5.74, 6) is 3.11. The zero-order valence-corrected chi connectivity index (χ0v) is 13.2. The standard InChI is InChI=1S/C16H25N3S/c1-2-17-10-15-19-18-14(20-15)9-16-6-11-3-12(7-16)5-13(4-11)8-16/h11-13,17H,2-10H2,1H3. The lowest BCUT2D eigenvalue weighted by atomic mass is 9.49. The molecule has 4 heteroatoms. The van der Waals surface area contributed by atoms with Gasteiger partial charge in [-0.05, 0) is 68.2 Å². The predicted octanol–water partition coefficient (Wildman–Crippen LogP) is 3.41. The SMILES string of the molecule is CCNCc1nnc(CC23CC4CC(CC(C4)C2)C3)s1. The van der Waals surface area contributed by atoms with Gasteiger partial charge in [0.25, 0.3) is 0 Å². The van der Waals surface area contributed by atoms with E-state index in [1.807, 2.05) is 11.3 Å². The second-order valence-electron chi connectivity index (χ2n) is 7.46. The molecule has 4 fully saturated rings. The van der Waals surface area contributed by atoms with Crippen LogP contribution in [0.4, 0.5) is 0 Å². The molecular formula is C16H25N3S. The van der Waals surface area contributed by atoms with Gasteiger partial charge in [-0.15, -0.1) is 21.5 Å². The molecule has 0 unspecified atom stereocenters. The third-order valence-corrected chi connectivity index (χ3v) is 6.65. The van der Waals surface area contributed by atoms with Crippen LogP contribution in [0.25, 0.3) is 0 Å². The molecule has 1 aromatic heterocycles. The van der Waals surface area contributed by atoms with Crippen molar-refractivity contribution in [3.05, 3.63) is 10.0 Å². The highest BCUT2D eigenvalue weighted by Gasteiger charge is 2.50. The second kappa shape index (κ2) is 5.06. The van der Waals surface area contributed by atoms with Crippen molar-refractivity contribution < 1.29 is 0 Å². The first kappa shape index (κ1) is 13.2. The Hall–Kier alpha value is -0.480. The van der Waals surface area contributed by atoms with Crippen LogP contribution in [0.3, 0.4) is 0 Å². The largest absolute Gasteiger partial charge is 0.311 e. The van der Waals surface area contributed by atoms with Gasteiger partial charge in [0.05, 0.1) is 0 Å². The molecular weight excluding hydrogens is 266 g/mol. The average Bonchev–Trinajstić information content (AvgIpc) is 2.81. The van der Waals surface area contributed by atoms with Gasteiger partial charge >= 0.3 is 0 Å². The number of nitrogens with one attached hydrogen (secondary N) is 1. The quantitative estimate of drug-likeness (QED) is 0.903. The summed E-state index contributed by atoms with van der Waals surface area (Å²) in [4.78, 5) is 0. The van der Waals surface area contributed by atoms with E-state index in [0.29, 0.717) is 5.41 Å². The van der Waals surface area contributed by atoms with Crippen LogP contribution >= 0.6 is 11.3 Å². The van der Waals surface area contributed by atoms with Gasteiger partial charge in [0.1, 0.15) is 10.0 Å². The maximum absolute atomic E-state index is 4.47. The lowest BCUT2D eigenvalue weighted by molar-refractivity contribution is -0.0522. The maximum atomic E-state index is 4.47. The zero-order valence-electron chi connectivity index (χ0n) is 12.4. The molecule has 20 heavy (non-hydrogen) atoms. The molecule has 4 bridgehead atoms. The third-order valence-electron chi connectivity index (χ3n) is 5.73. The van der Waals surface area contributed by atoms with Gasteiger partial charge in [0, 0.05) is 13.0 Å². The molecule has 0 atom stereocenters. The van der Waals surface area contributed by atoms with Crippen LogP contribution in [-0.4, -0.2) is 16.7 Å². The topological polar surface area (TPSA) is 37.8 Å². The lowest BCUT2D eigenvalue weighted by Crippen LogP contribution is -2.47. The van der Waals surface area contributed by atoms with Crippen molar-refractivity contribution in [2.45, 2.75) is 58.4 Å². The van der Waals surface area contributed by atoms with E-state index in [-0.39, 0.29) is 0 Å². The minimum Gasteiger partial charge on any atom is -0.311 e. The fourth-order valence-corrected chi connectivity index (χ4v) is 6.48. The molecule has 3 nitrogen and oxygen atoms in total. The Kier molecular flexibility index (Phi) is 3.34. The number of rotatable bonds is 5. The first-order valence-electron chi connectivity index (χ1n) is 8.27. The molecule has 0 spiro atoms. The average molecular weight is 291 g/mol. The number of hydrogen-bond acceptors (Lipinski definition) is 4. The van der Waals surface area contributed by atoms with Crippen LogP contribution in [0.15, 0.2) is 0 Å². The molecule has 4 saturated carbocycles. The van der Waals surface area contributed by atoms with Gasteiger partial charge in [0.15, 0.2) is 0 Å². The minimum absolute atomic E-state index is 0.601. The van der Waals surface area contributed by atoms with Gasteiger partial charge < -0.3 is 5.32 Å². The fourth-order valence-electron chi connectivity index (χ4n) is 5.49. The van der Waals surface area contributed by atoms with Gasteiger partial charge in [-0.1, -0.05) is 6.92 Å². The summed E-state index contributed by atoms with van der Waals surface area (Å²) in [7, 11) is 0. The van der Waals surface area contributed by atoms with Crippen molar-refractivity contribution in [2.24, 2.45) is 23.2 Å². The molecule has 1 N–H and O–H groups in total. The van der Waals surface area contributed by atoms with Crippen LogP contribution < -0.4 is 5.32 Å². The monoisotopic (exact) mass is 291 g/mol.